The van der Waals surface area contributed by atoms with Gasteiger partial charge in [-0.3, -0.25) is 0 Å². The summed E-state index contributed by atoms with van der Waals surface area (Å²) in [7, 11) is 3.15. The Balaban J connectivity index is 1.42. The highest BCUT2D eigenvalue weighted by atomic mass is 16.6. The van der Waals surface area contributed by atoms with Crippen LogP contribution in [0.25, 0.3) is 66.8 Å². The van der Waals surface area contributed by atoms with E-state index in [1.165, 1.54) is 0 Å². The molecular formula is C44H30N2O4. The number of fused-ring (bicyclic) bond motifs is 6. The number of oxime groups is 2. The van der Waals surface area contributed by atoms with Crippen LogP contribution >= 0.6 is 0 Å². The Morgan fingerprint density at radius 2 is 0.720 bits per heavy atom. The van der Waals surface area contributed by atoms with Gasteiger partial charge < -0.3 is 18.5 Å². The maximum atomic E-state index is 6.73. The number of nitrogens with zero attached hydrogens (tertiary/aromatic N) is 2. The van der Waals surface area contributed by atoms with Gasteiger partial charge in [-0.2, -0.15) is 0 Å². The molecule has 0 fully saturated rings. The molecule has 9 rings (SSSR count). The van der Waals surface area contributed by atoms with Gasteiger partial charge in [-0.1, -0.05) is 132 Å². The van der Waals surface area contributed by atoms with E-state index in [1.54, 1.807) is 14.2 Å². The van der Waals surface area contributed by atoms with Gasteiger partial charge in [-0.15, -0.1) is 0 Å². The van der Waals surface area contributed by atoms with Crippen molar-refractivity contribution in [3.63, 3.8) is 0 Å². The predicted octanol–water partition coefficient (Wildman–Crippen LogP) is 11.0. The van der Waals surface area contributed by atoms with Gasteiger partial charge in [-0.05, 0) is 35.4 Å². The monoisotopic (exact) mass is 650 g/mol. The smallest absolute Gasteiger partial charge is 0.143 e. The number of benzene rings is 6. The molecule has 1 aliphatic carbocycles. The fourth-order valence-corrected chi connectivity index (χ4v) is 7.26. The van der Waals surface area contributed by atoms with E-state index >= 15 is 0 Å². The number of hydrogen-bond acceptors (Lipinski definition) is 6. The Bertz CT molecular complexity index is 2400. The molecule has 0 radical (unpaired) electrons. The van der Waals surface area contributed by atoms with Gasteiger partial charge in [0.1, 0.15) is 48.3 Å². The summed E-state index contributed by atoms with van der Waals surface area (Å²) in [6, 6.07) is 49.1. The summed E-state index contributed by atoms with van der Waals surface area (Å²) in [5.41, 5.74) is 12.1. The standard InChI is InChI=1S/C44H30N2O4/c1-47-45-41-31-23-25-34-40(36(28-17-9-4-10-18-28)44(50-34)30-21-13-6-14-22-30)38(31)42(46-48-2)32-24-26-33-39(37(32)41)35(27-15-7-3-8-16-27)43(49-33)29-19-11-5-12-20-29/h3-26H,1-2H3/b45-41+,46-42+. The first-order valence-electron chi connectivity index (χ1n) is 16.4. The molecule has 50 heavy (non-hydrogen) atoms. The third-order valence-corrected chi connectivity index (χ3v) is 9.26. The molecular weight excluding hydrogens is 620 g/mol. The van der Waals surface area contributed by atoms with Crippen molar-refractivity contribution in [3.8, 4) is 44.9 Å². The molecule has 2 aromatic heterocycles. The van der Waals surface area contributed by atoms with Gasteiger partial charge in [0.25, 0.3) is 0 Å². The Morgan fingerprint density at radius 1 is 0.380 bits per heavy atom. The van der Waals surface area contributed by atoms with Gasteiger partial charge in [0.2, 0.25) is 0 Å². The molecule has 6 aromatic carbocycles. The third kappa shape index (κ3) is 4.57. The zero-order valence-electron chi connectivity index (χ0n) is 27.4. The normalized spacial score (nSPS) is 13.9. The number of rotatable bonds is 6. The van der Waals surface area contributed by atoms with Crippen LogP contribution in [-0.2, 0) is 9.68 Å². The third-order valence-electron chi connectivity index (χ3n) is 9.26. The van der Waals surface area contributed by atoms with Crippen LogP contribution in [0.2, 0.25) is 0 Å². The molecule has 0 amide bonds. The van der Waals surface area contributed by atoms with Crippen molar-refractivity contribution < 1.29 is 18.5 Å². The molecule has 0 unspecified atom stereocenters. The highest BCUT2D eigenvalue weighted by Crippen LogP contribution is 2.49. The summed E-state index contributed by atoms with van der Waals surface area (Å²) in [5.74, 6) is 1.55. The minimum absolute atomic E-state index is 0.666. The zero-order valence-corrected chi connectivity index (χ0v) is 27.4. The van der Waals surface area contributed by atoms with Crippen molar-refractivity contribution in [2.24, 2.45) is 10.3 Å². The fourth-order valence-electron chi connectivity index (χ4n) is 7.26. The SMILES string of the molecule is CO/N=C1\c2ccc3oc(-c4ccccc4)c(-c4ccccc4)c3c2/C(=N/OC)c2ccc3oc(-c4ccccc4)c(-c4ccccc4)c3c21. The molecule has 0 saturated heterocycles. The first kappa shape index (κ1) is 29.5. The van der Waals surface area contributed by atoms with E-state index < -0.39 is 0 Å². The summed E-state index contributed by atoms with van der Waals surface area (Å²) in [6.07, 6.45) is 0. The molecule has 240 valence electrons. The highest BCUT2D eigenvalue weighted by molar-refractivity contribution is 6.39. The maximum absolute atomic E-state index is 6.73. The minimum Gasteiger partial charge on any atom is -0.455 e. The first-order chi connectivity index (χ1) is 24.8. The predicted molar refractivity (Wildman–Crippen MR) is 199 cm³/mol. The number of furan rings is 2. The second kappa shape index (κ2) is 12.1. The topological polar surface area (TPSA) is 69.5 Å². The van der Waals surface area contributed by atoms with Crippen LogP contribution in [0, 0.1) is 0 Å². The summed E-state index contributed by atoms with van der Waals surface area (Å²) in [6.45, 7) is 0. The molecule has 0 N–H and O–H groups in total. The lowest BCUT2D eigenvalue weighted by Crippen LogP contribution is -2.23. The highest BCUT2D eigenvalue weighted by Gasteiger charge is 2.36. The lowest BCUT2D eigenvalue weighted by atomic mass is 9.78. The van der Waals surface area contributed by atoms with E-state index in [-0.39, 0.29) is 0 Å². The van der Waals surface area contributed by atoms with E-state index in [9.17, 15) is 0 Å². The zero-order chi connectivity index (χ0) is 33.6. The van der Waals surface area contributed by atoms with Crippen molar-refractivity contribution in [2.75, 3.05) is 14.2 Å². The van der Waals surface area contributed by atoms with Crippen molar-refractivity contribution in [1.82, 2.24) is 0 Å². The van der Waals surface area contributed by atoms with Crippen LogP contribution < -0.4 is 0 Å². The summed E-state index contributed by atoms with van der Waals surface area (Å²) in [4.78, 5) is 11.3. The average Bonchev–Trinajstić information content (AvgIpc) is 3.77. The average molecular weight is 651 g/mol. The molecule has 0 spiro atoms. The first-order valence-corrected chi connectivity index (χ1v) is 16.4. The molecule has 0 atom stereocenters. The summed E-state index contributed by atoms with van der Waals surface area (Å²) < 4.78 is 13.5. The molecule has 0 bridgehead atoms. The van der Waals surface area contributed by atoms with Gasteiger partial charge in [-0.25, -0.2) is 0 Å². The van der Waals surface area contributed by atoms with E-state index in [0.717, 1.165) is 89.1 Å². The van der Waals surface area contributed by atoms with E-state index in [2.05, 4.69) is 48.5 Å². The minimum atomic E-state index is 0.666. The molecule has 0 saturated carbocycles. The molecule has 0 aliphatic heterocycles. The summed E-state index contributed by atoms with van der Waals surface area (Å²) in [5, 5.41) is 11.3. The van der Waals surface area contributed by atoms with Crippen LogP contribution in [0.1, 0.15) is 22.3 Å². The van der Waals surface area contributed by atoms with Crippen molar-refractivity contribution in [2.45, 2.75) is 0 Å². The van der Waals surface area contributed by atoms with Crippen molar-refractivity contribution in [3.05, 3.63) is 168 Å². The largest absolute Gasteiger partial charge is 0.455 e. The molecule has 2 heterocycles. The molecule has 8 aromatic rings. The second-order valence-corrected chi connectivity index (χ2v) is 12.0. The van der Waals surface area contributed by atoms with E-state index in [1.807, 2.05) is 97.1 Å². The molecule has 1 aliphatic rings. The van der Waals surface area contributed by atoms with Crippen molar-refractivity contribution >= 4 is 33.4 Å². The number of hydrogen-bond donors (Lipinski definition) is 0. The van der Waals surface area contributed by atoms with Crippen molar-refractivity contribution in [1.29, 1.82) is 0 Å². The Labute approximate surface area is 288 Å². The van der Waals surface area contributed by atoms with Gasteiger partial charge in [0.05, 0.1) is 0 Å². The molecule has 6 heteroatoms. The van der Waals surface area contributed by atoms with Crippen LogP contribution in [0.4, 0.5) is 0 Å². The lowest BCUT2D eigenvalue weighted by molar-refractivity contribution is 0.213. The van der Waals surface area contributed by atoms with Gasteiger partial charge in [0, 0.05) is 55.3 Å². The summed E-state index contributed by atoms with van der Waals surface area (Å²) >= 11 is 0. The van der Waals surface area contributed by atoms with Crippen LogP contribution in [0.15, 0.2) is 165 Å². The van der Waals surface area contributed by atoms with Crippen LogP contribution in [0.3, 0.4) is 0 Å². The Morgan fingerprint density at radius 3 is 1.06 bits per heavy atom. The maximum Gasteiger partial charge on any atom is 0.143 e. The van der Waals surface area contributed by atoms with Gasteiger partial charge >= 0.3 is 0 Å². The Hall–Kier alpha value is -6.66. The molecule has 6 nitrogen and oxygen atoms in total. The Kier molecular flexibility index (Phi) is 7.13. The van der Waals surface area contributed by atoms with Crippen LogP contribution in [0.5, 0.6) is 0 Å². The fraction of sp³-hybridized carbons (Fsp3) is 0.0455. The quantitative estimate of drug-likeness (QED) is 0.168. The van der Waals surface area contributed by atoms with Crippen LogP contribution in [-0.4, -0.2) is 25.6 Å². The van der Waals surface area contributed by atoms with E-state index in [0.29, 0.717) is 11.4 Å². The second-order valence-electron chi connectivity index (χ2n) is 12.0. The lowest BCUT2D eigenvalue weighted by Gasteiger charge is -2.24. The van der Waals surface area contributed by atoms with E-state index in [4.69, 9.17) is 28.8 Å². The van der Waals surface area contributed by atoms with Gasteiger partial charge in [0.15, 0.2) is 0 Å².